The fraction of sp³-hybridized carbons (Fsp3) is 0.571. The van der Waals surface area contributed by atoms with E-state index in [2.05, 4.69) is 15.9 Å². The number of aryl methyl sites for hydroxylation is 1. The van der Waals surface area contributed by atoms with Crippen molar-refractivity contribution in [2.75, 3.05) is 11.9 Å². The second kappa shape index (κ2) is 7.52. The molecule has 0 saturated heterocycles. The fourth-order valence-electron chi connectivity index (χ4n) is 2.31. The van der Waals surface area contributed by atoms with Gasteiger partial charge in [0.05, 0.1) is 4.90 Å². The zero-order chi connectivity index (χ0) is 15.3. The standard InChI is InChI=1S/C14H21BrFNO2S/c1-4-13(5-2)17(9-8-15)20(18,19)14-7-6-12(16)10-11(14)3/h6-7,10,13H,4-5,8-9H2,1-3H3. The highest BCUT2D eigenvalue weighted by Crippen LogP contribution is 2.24. The van der Waals surface area contributed by atoms with Gasteiger partial charge in [0.25, 0.3) is 0 Å². The fourth-order valence-corrected chi connectivity index (χ4v) is 4.90. The molecule has 0 aliphatic carbocycles. The zero-order valence-electron chi connectivity index (χ0n) is 12.1. The third kappa shape index (κ3) is 3.80. The first-order valence-electron chi connectivity index (χ1n) is 6.72. The molecule has 1 aromatic rings. The van der Waals surface area contributed by atoms with Crippen molar-refractivity contribution in [1.29, 1.82) is 0 Å². The van der Waals surface area contributed by atoms with Crippen molar-refractivity contribution in [2.24, 2.45) is 0 Å². The third-order valence-corrected chi connectivity index (χ3v) is 5.84. The van der Waals surface area contributed by atoms with E-state index >= 15 is 0 Å². The summed E-state index contributed by atoms with van der Waals surface area (Å²) in [6.07, 6.45) is 1.51. The van der Waals surface area contributed by atoms with Crippen LogP contribution >= 0.6 is 15.9 Å². The van der Waals surface area contributed by atoms with Crippen LogP contribution in [0.15, 0.2) is 23.1 Å². The van der Waals surface area contributed by atoms with Gasteiger partial charge < -0.3 is 0 Å². The van der Waals surface area contributed by atoms with Crippen molar-refractivity contribution in [1.82, 2.24) is 4.31 Å². The minimum Gasteiger partial charge on any atom is -0.207 e. The average Bonchev–Trinajstić information content (AvgIpc) is 2.38. The molecule has 0 saturated carbocycles. The van der Waals surface area contributed by atoms with Gasteiger partial charge in [-0.25, -0.2) is 12.8 Å². The van der Waals surface area contributed by atoms with Crippen LogP contribution in [0.1, 0.15) is 32.3 Å². The molecule has 0 bridgehead atoms. The van der Waals surface area contributed by atoms with Crippen molar-refractivity contribution >= 4 is 26.0 Å². The minimum absolute atomic E-state index is 0.0398. The first kappa shape index (κ1) is 17.6. The molecule has 0 spiro atoms. The van der Waals surface area contributed by atoms with Gasteiger partial charge in [-0.1, -0.05) is 29.8 Å². The van der Waals surface area contributed by atoms with Crippen LogP contribution in [0.2, 0.25) is 0 Å². The van der Waals surface area contributed by atoms with E-state index in [9.17, 15) is 12.8 Å². The number of benzene rings is 1. The lowest BCUT2D eigenvalue weighted by molar-refractivity contribution is 0.317. The van der Waals surface area contributed by atoms with Gasteiger partial charge in [-0.3, -0.25) is 0 Å². The molecule has 0 aliphatic heterocycles. The summed E-state index contributed by atoms with van der Waals surface area (Å²) in [7, 11) is -3.60. The maximum Gasteiger partial charge on any atom is 0.243 e. The van der Waals surface area contributed by atoms with Crippen molar-refractivity contribution < 1.29 is 12.8 Å². The van der Waals surface area contributed by atoms with Crippen LogP contribution in [0.3, 0.4) is 0 Å². The SMILES string of the molecule is CCC(CC)N(CCBr)S(=O)(=O)c1ccc(F)cc1C. The van der Waals surface area contributed by atoms with Crippen molar-refractivity contribution in [3.8, 4) is 0 Å². The van der Waals surface area contributed by atoms with E-state index in [1.54, 1.807) is 6.92 Å². The molecule has 0 heterocycles. The van der Waals surface area contributed by atoms with E-state index in [0.29, 0.717) is 17.4 Å². The largest absolute Gasteiger partial charge is 0.243 e. The van der Waals surface area contributed by atoms with E-state index in [-0.39, 0.29) is 10.9 Å². The van der Waals surface area contributed by atoms with Crippen molar-refractivity contribution in [3.63, 3.8) is 0 Å². The highest BCUT2D eigenvalue weighted by atomic mass is 79.9. The van der Waals surface area contributed by atoms with Gasteiger partial charge in [0.1, 0.15) is 5.82 Å². The summed E-state index contributed by atoms with van der Waals surface area (Å²) in [6.45, 7) is 5.98. The Balaban J connectivity index is 3.28. The number of hydrogen-bond donors (Lipinski definition) is 0. The Bertz CT molecular complexity index is 544. The minimum atomic E-state index is -3.60. The van der Waals surface area contributed by atoms with Gasteiger partial charge in [-0.2, -0.15) is 4.31 Å². The average molecular weight is 366 g/mol. The molecule has 0 aliphatic rings. The monoisotopic (exact) mass is 365 g/mol. The van der Waals surface area contributed by atoms with Gasteiger partial charge in [0, 0.05) is 17.9 Å². The summed E-state index contributed by atoms with van der Waals surface area (Å²) in [5.41, 5.74) is 0.440. The van der Waals surface area contributed by atoms with Gasteiger partial charge in [0.2, 0.25) is 10.0 Å². The molecular weight excluding hydrogens is 345 g/mol. The Kier molecular flexibility index (Phi) is 6.61. The summed E-state index contributed by atoms with van der Waals surface area (Å²) in [4.78, 5) is 0.187. The molecule has 1 rings (SSSR count). The summed E-state index contributed by atoms with van der Waals surface area (Å²) >= 11 is 3.31. The van der Waals surface area contributed by atoms with Crippen molar-refractivity contribution in [3.05, 3.63) is 29.6 Å². The normalized spacial score (nSPS) is 12.3. The van der Waals surface area contributed by atoms with Gasteiger partial charge in [-0.15, -0.1) is 0 Å². The lowest BCUT2D eigenvalue weighted by Crippen LogP contribution is -2.41. The smallest absolute Gasteiger partial charge is 0.207 e. The predicted molar refractivity (Wildman–Crippen MR) is 83.2 cm³/mol. The molecule has 0 aromatic heterocycles. The molecule has 0 amide bonds. The Hall–Kier alpha value is -0.460. The molecule has 3 nitrogen and oxygen atoms in total. The Morgan fingerprint density at radius 1 is 1.30 bits per heavy atom. The number of halogens is 2. The first-order chi connectivity index (χ1) is 9.38. The summed E-state index contributed by atoms with van der Waals surface area (Å²) < 4.78 is 40.3. The number of hydrogen-bond acceptors (Lipinski definition) is 2. The van der Waals surface area contributed by atoms with Crippen LogP contribution in [0, 0.1) is 12.7 Å². The molecule has 20 heavy (non-hydrogen) atoms. The third-order valence-electron chi connectivity index (χ3n) is 3.38. The molecule has 114 valence electrons. The van der Waals surface area contributed by atoms with E-state index in [4.69, 9.17) is 0 Å². The van der Waals surface area contributed by atoms with Gasteiger partial charge in [-0.05, 0) is 43.5 Å². The molecule has 0 fully saturated rings. The molecule has 6 heteroatoms. The number of alkyl halides is 1. The van der Waals surface area contributed by atoms with E-state index < -0.39 is 15.8 Å². The van der Waals surface area contributed by atoms with Crippen molar-refractivity contribution in [2.45, 2.75) is 44.6 Å². The maximum absolute atomic E-state index is 13.2. The second-order valence-electron chi connectivity index (χ2n) is 4.68. The lowest BCUT2D eigenvalue weighted by atomic mass is 10.2. The van der Waals surface area contributed by atoms with Crippen LogP contribution in [0.25, 0.3) is 0 Å². The number of sulfonamides is 1. The first-order valence-corrected chi connectivity index (χ1v) is 9.28. The Labute approximate surface area is 129 Å². The topological polar surface area (TPSA) is 37.4 Å². The van der Waals surface area contributed by atoms with Crippen LogP contribution in [-0.4, -0.2) is 30.6 Å². The van der Waals surface area contributed by atoms with E-state index in [0.717, 1.165) is 12.8 Å². The molecule has 0 N–H and O–H groups in total. The van der Waals surface area contributed by atoms with E-state index in [1.807, 2.05) is 13.8 Å². The molecule has 0 unspecified atom stereocenters. The quantitative estimate of drug-likeness (QED) is 0.690. The summed E-state index contributed by atoms with van der Waals surface area (Å²) in [6, 6.07) is 3.76. The number of rotatable bonds is 7. The summed E-state index contributed by atoms with van der Waals surface area (Å²) in [5.74, 6) is -0.420. The van der Waals surface area contributed by atoms with E-state index in [1.165, 1.54) is 22.5 Å². The zero-order valence-corrected chi connectivity index (χ0v) is 14.5. The molecule has 0 radical (unpaired) electrons. The lowest BCUT2D eigenvalue weighted by Gasteiger charge is -2.29. The maximum atomic E-state index is 13.2. The van der Waals surface area contributed by atoms with Gasteiger partial charge >= 0.3 is 0 Å². The summed E-state index contributed by atoms with van der Waals surface area (Å²) in [5, 5.41) is 0.572. The second-order valence-corrected chi connectivity index (χ2v) is 7.34. The molecular formula is C14H21BrFNO2S. The predicted octanol–water partition coefficient (Wildman–Crippen LogP) is 3.71. The Morgan fingerprint density at radius 3 is 2.35 bits per heavy atom. The molecule has 0 atom stereocenters. The molecule has 1 aromatic carbocycles. The van der Waals surface area contributed by atoms with Crippen LogP contribution in [-0.2, 0) is 10.0 Å². The van der Waals surface area contributed by atoms with Crippen LogP contribution < -0.4 is 0 Å². The highest BCUT2D eigenvalue weighted by molar-refractivity contribution is 9.09. The Morgan fingerprint density at radius 2 is 1.90 bits per heavy atom. The van der Waals surface area contributed by atoms with Crippen LogP contribution in [0.4, 0.5) is 4.39 Å². The highest BCUT2D eigenvalue weighted by Gasteiger charge is 2.30. The van der Waals surface area contributed by atoms with Crippen LogP contribution in [0.5, 0.6) is 0 Å². The number of nitrogens with zero attached hydrogens (tertiary/aromatic N) is 1. The van der Waals surface area contributed by atoms with Gasteiger partial charge in [0.15, 0.2) is 0 Å².